The summed E-state index contributed by atoms with van der Waals surface area (Å²) >= 11 is 7.08. The van der Waals surface area contributed by atoms with Gasteiger partial charge < -0.3 is 5.11 Å². The zero-order valence-electron chi connectivity index (χ0n) is 7.09. The van der Waals surface area contributed by atoms with E-state index in [4.69, 9.17) is 11.6 Å². The molecule has 0 saturated carbocycles. The monoisotopic (exact) mass is 226 g/mol. The molecule has 2 aromatic heterocycles. The molecule has 0 aliphatic carbocycles. The van der Waals surface area contributed by atoms with Gasteiger partial charge in [-0.05, 0) is 18.2 Å². The molecule has 0 saturated heterocycles. The number of rotatable bonds is 2. The first kappa shape index (κ1) is 9.58. The molecule has 1 atom stereocenters. The van der Waals surface area contributed by atoms with Crippen molar-refractivity contribution in [2.24, 2.45) is 0 Å². The summed E-state index contributed by atoms with van der Waals surface area (Å²) in [5.74, 6) is 0.394. The number of aliphatic hydroxyl groups excluding tert-OH is 1. The molecular weight excluding hydrogens is 220 g/mol. The van der Waals surface area contributed by atoms with Crippen molar-refractivity contribution >= 4 is 22.9 Å². The van der Waals surface area contributed by atoms with Gasteiger partial charge in [0.15, 0.2) is 5.82 Å². The highest BCUT2D eigenvalue weighted by atomic mass is 35.5. The van der Waals surface area contributed by atoms with Crippen LogP contribution in [0.1, 0.15) is 16.8 Å². The lowest BCUT2D eigenvalue weighted by molar-refractivity contribution is 0.213. The maximum absolute atomic E-state index is 9.83. The number of thiophene rings is 1. The average molecular weight is 227 g/mol. The molecule has 72 valence electrons. The first-order valence-electron chi connectivity index (χ1n) is 3.97. The number of aromatic nitrogens is 2. The van der Waals surface area contributed by atoms with E-state index in [0.717, 1.165) is 4.88 Å². The van der Waals surface area contributed by atoms with Gasteiger partial charge in [0.25, 0.3) is 0 Å². The summed E-state index contributed by atoms with van der Waals surface area (Å²) < 4.78 is 0.648. The van der Waals surface area contributed by atoms with Crippen LogP contribution in [0.3, 0.4) is 0 Å². The van der Waals surface area contributed by atoms with Crippen molar-refractivity contribution in [3.63, 3.8) is 0 Å². The Morgan fingerprint density at radius 3 is 2.57 bits per heavy atom. The van der Waals surface area contributed by atoms with Gasteiger partial charge in [-0.1, -0.05) is 11.6 Å². The highest BCUT2D eigenvalue weighted by Crippen LogP contribution is 2.28. The van der Waals surface area contributed by atoms with Gasteiger partial charge >= 0.3 is 0 Å². The molecule has 2 heterocycles. The topological polar surface area (TPSA) is 46.0 Å². The highest BCUT2D eigenvalue weighted by molar-refractivity contribution is 7.16. The number of halogens is 1. The van der Waals surface area contributed by atoms with E-state index in [-0.39, 0.29) is 0 Å². The molecule has 2 aromatic rings. The minimum Gasteiger partial charge on any atom is -0.379 e. The predicted octanol–water partition coefficient (Wildman–Crippen LogP) is 2.27. The smallest absolute Gasteiger partial charge is 0.162 e. The largest absolute Gasteiger partial charge is 0.379 e. The summed E-state index contributed by atoms with van der Waals surface area (Å²) in [4.78, 5) is 8.68. The van der Waals surface area contributed by atoms with Gasteiger partial charge in [0.1, 0.15) is 6.10 Å². The molecule has 0 aliphatic rings. The third-order valence-corrected chi connectivity index (χ3v) is 2.98. The van der Waals surface area contributed by atoms with Crippen molar-refractivity contribution in [2.45, 2.75) is 6.10 Å². The number of hydrogen-bond acceptors (Lipinski definition) is 4. The van der Waals surface area contributed by atoms with Crippen LogP contribution in [0.2, 0.25) is 4.34 Å². The summed E-state index contributed by atoms with van der Waals surface area (Å²) in [6.45, 7) is 0. The Balaban J connectivity index is 2.29. The second-order valence-corrected chi connectivity index (χ2v) is 4.40. The van der Waals surface area contributed by atoms with E-state index in [0.29, 0.717) is 10.2 Å². The zero-order valence-corrected chi connectivity index (χ0v) is 8.66. The van der Waals surface area contributed by atoms with Crippen molar-refractivity contribution in [2.75, 3.05) is 0 Å². The van der Waals surface area contributed by atoms with Crippen LogP contribution < -0.4 is 0 Å². The highest BCUT2D eigenvalue weighted by Gasteiger charge is 2.14. The first-order chi connectivity index (χ1) is 6.77. The maximum atomic E-state index is 9.83. The van der Waals surface area contributed by atoms with Crippen LogP contribution in [0.25, 0.3) is 0 Å². The van der Waals surface area contributed by atoms with Gasteiger partial charge in [-0.3, -0.25) is 0 Å². The Morgan fingerprint density at radius 2 is 2.00 bits per heavy atom. The van der Waals surface area contributed by atoms with E-state index in [1.165, 1.54) is 11.3 Å². The Kier molecular flexibility index (Phi) is 2.77. The fourth-order valence-corrected chi connectivity index (χ4v) is 2.10. The van der Waals surface area contributed by atoms with Crippen molar-refractivity contribution in [3.8, 4) is 0 Å². The van der Waals surface area contributed by atoms with Crippen molar-refractivity contribution in [3.05, 3.63) is 45.6 Å². The maximum Gasteiger partial charge on any atom is 0.162 e. The Bertz CT molecular complexity index is 418. The van der Waals surface area contributed by atoms with Crippen LogP contribution in [0.5, 0.6) is 0 Å². The SMILES string of the molecule is OC(c1ncccn1)c1ccc(Cl)s1. The van der Waals surface area contributed by atoms with E-state index in [9.17, 15) is 5.11 Å². The molecule has 14 heavy (non-hydrogen) atoms. The molecule has 0 amide bonds. The Labute approximate surface area is 90.0 Å². The summed E-state index contributed by atoms with van der Waals surface area (Å²) in [7, 11) is 0. The zero-order chi connectivity index (χ0) is 9.97. The number of aliphatic hydroxyl groups is 1. The summed E-state index contributed by atoms with van der Waals surface area (Å²) in [5, 5.41) is 9.83. The lowest BCUT2D eigenvalue weighted by atomic mass is 10.3. The molecule has 0 fully saturated rings. The average Bonchev–Trinajstić information content (AvgIpc) is 2.65. The molecule has 0 radical (unpaired) electrons. The lowest BCUT2D eigenvalue weighted by Crippen LogP contribution is -2.02. The first-order valence-corrected chi connectivity index (χ1v) is 5.17. The molecule has 0 aromatic carbocycles. The molecule has 0 bridgehead atoms. The van der Waals surface area contributed by atoms with E-state index in [1.54, 1.807) is 30.6 Å². The lowest BCUT2D eigenvalue weighted by Gasteiger charge is -2.04. The third kappa shape index (κ3) is 1.92. The number of nitrogens with zero attached hydrogens (tertiary/aromatic N) is 2. The molecule has 5 heteroatoms. The van der Waals surface area contributed by atoms with Gasteiger partial charge in [0, 0.05) is 17.3 Å². The third-order valence-electron chi connectivity index (χ3n) is 1.69. The summed E-state index contributed by atoms with van der Waals surface area (Å²) in [5.41, 5.74) is 0. The minimum atomic E-state index is -0.784. The van der Waals surface area contributed by atoms with Gasteiger partial charge in [-0.2, -0.15) is 0 Å². The van der Waals surface area contributed by atoms with Gasteiger partial charge in [-0.15, -0.1) is 11.3 Å². The molecular formula is C9H7ClN2OS. The second kappa shape index (κ2) is 4.04. The predicted molar refractivity (Wildman–Crippen MR) is 55.4 cm³/mol. The van der Waals surface area contributed by atoms with Crippen LogP contribution in [0, 0.1) is 0 Å². The molecule has 0 aliphatic heterocycles. The van der Waals surface area contributed by atoms with Crippen molar-refractivity contribution in [1.82, 2.24) is 9.97 Å². The Hall–Kier alpha value is -0.970. The second-order valence-electron chi connectivity index (χ2n) is 2.65. The normalized spacial score (nSPS) is 12.7. The van der Waals surface area contributed by atoms with Crippen LogP contribution in [-0.2, 0) is 0 Å². The van der Waals surface area contributed by atoms with E-state index in [2.05, 4.69) is 9.97 Å². The van der Waals surface area contributed by atoms with Crippen LogP contribution in [0.4, 0.5) is 0 Å². The van der Waals surface area contributed by atoms with Crippen LogP contribution in [-0.4, -0.2) is 15.1 Å². The van der Waals surface area contributed by atoms with Gasteiger partial charge in [0.2, 0.25) is 0 Å². The van der Waals surface area contributed by atoms with Crippen molar-refractivity contribution in [1.29, 1.82) is 0 Å². The fourth-order valence-electron chi connectivity index (χ4n) is 1.05. The standard InChI is InChI=1S/C9H7ClN2OS/c10-7-3-2-6(14-7)8(13)9-11-4-1-5-12-9/h1-5,8,13H. The number of hydrogen-bond donors (Lipinski definition) is 1. The van der Waals surface area contributed by atoms with Gasteiger partial charge in [-0.25, -0.2) is 9.97 Å². The van der Waals surface area contributed by atoms with Crippen LogP contribution in [0.15, 0.2) is 30.6 Å². The van der Waals surface area contributed by atoms with E-state index >= 15 is 0 Å². The van der Waals surface area contributed by atoms with Crippen LogP contribution >= 0.6 is 22.9 Å². The van der Waals surface area contributed by atoms with E-state index in [1.807, 2.05) is 0 Å². The quantitative estimate of drug-likeness (QED) is 0.855. The molecule has 1 N–H and O–H groups in total. The molecule has 2 rings (SSSR count). The van der Waals surface area contributed by atoms with Gasteiger partial charge in [0.05, 0.1) is 4.34 Å². The van der Waals surface area contributed by atoms with Crippen molar-refractivity contribution < 1.29 is 5.11 Å². The summed E-state index contributed by atoms with van der Waals surface area (Å²) in [6.07, 6.45) is 2.41. The summed E-state index contributed by atoms with van der Waals surface area (Å²) in [6, 6.07) is 5.22. The molecule has 3 nitrogen and oxygen atoms in total. The fraction of sp³-hybridized carbons (Fsp3) is 0.111. The molecule has 0 spiro atoms. The molecule has 1 unspecified atom stereocenters. The van der Waals surface area contributed by atoms with E-state index < -0.39 is 6.10 Å². The Morgan fingerprint density at radius 1 is 1.29 bits per heavy atom. The minimum absolute atomic E-state index is 0.394.